The lowest BCUT2D eigenvalue weighted by molar-refractivity contribution is -0.0375. The Morgan fingerprint density at radius 2 is 2.33 bits per heavy atom. The molecule has 0 bridgehead atoms. The van der Waals surface area contributed by atoms with Crippen LogP contribution in [0.15, 0.2) is 12.4 Å². The van der Waals surface area contributed by atoms with Crippen molar-refractivity contribution in [3.63, 3.8) is 0 Å². The van der Waals surface area contributed by atoms with E-state index in [0.29, 0.717) is 6.54 Å². The molecule has 1 saturated heterocycles. The van der Waals surface area contributed by atoms with Gasteiger partial charge in [-0.1, -0.05) is 13.8 Å². The molecule has 1 fully saturated rings. The molecule has 1 aliphatic heterocycles. The standard InChI is InChI=1S/C13H24N4O/c1-13(2)9-17(5-4-12(13)18)11(6-14)10-7-15-16(3)8-10/h7-8,11-12,18H,4-6,9,14H2,1-3H3. The van der Waals surface area contributed by atoms with Crippen molar-refractivity contribution in [3.8, 4) is 0 Å². The number of hydrogen-bond acceptors (Lipinski definition) is 4. The minimum atomic E-state index is -0.221. The van der Waals surface area contributed by atoms with E-state index in [9.17, 15) is 5.11 Å². The number of piperidine rings is 1. The van der Waals surface area contributed by atoms with E-state index in [-0.39, 0.29) is 17.6 Å². The molecule has 3 N–H and O–H groups in total. The largest absolute Gasteiger partial charge is 0.392 e. The van der Waals surface area contributed by atoms with Gasteiger partial charge in [-0.05, 0) is 6.42 Å². The SMILES string of the molecule is Cn1cc(C(CN)N2CCC(O)C(C)(C)C2)cn1. The summed E-state index contributed by atoms with van der Waals surface area (Å²) in [6, 6.07) is 0.200. The van der Waals surface area contributed by atoms with Crippen molar-refractivity contribution in [1.82, 2.24) is 14.7 Å². The molecule has 1 aromatic rings. The monoisotopic (exact) mass is 252 g/mol. The van der Waals surface area contributed by atoms with E-state index in [1.54, 1.807) is 0 Å². The molecule has 2 rings (SSSR count). The van der Waals surface area contributed by atoms with Crippen molar-refractivity contribution in [2.45, 2.75) is 32.4 Å². The lowest BCUT2D eigenvalue weighted by Gasteiger charge is -2.44. The Morgan fingerprint density at radius 3 is 2.83 bits per heavy atom. The molecular formula is C13H24N4O. The average Bonchev–Trinajstić information content (AvgIpc) is 2.71. The number of aliphatic hydroxyl groups is 1. The van der Waals surface area contributed by atoms with Crippen LogP contribution in [0.3, 0.4) is 0 Å². The molecule has 2 atom stereocenters. The zero-order valence-corrected chi connectivity index (χ0v) is 11.5. The van der Waals surface area contributed by atoms with Crippen LogP contribution >= 0.6 is 0 Å². The number of nitrogens with two attached hydrogens (primary N) is 1. The fourth-order valence-corrected chi connectivity index (χ4v) is 2.76. The van der Waals surface area contributed by atoms with Crippen LogP contribution < -0.4 is 5.73 Å². The first kappa shape index (κ1) is 13.5. The van der Waals surface area contributed by atoms with Crippen LogP contribution in [0.2, 0.25) is 0 Å². The minimum Gasteiger partial charge on any atom is -0.392 e. The zero-order valence-electron chi connectivity index (χ0n) is 11.5. The first-order valence-corrected chi connectivity index (χ1v) is 6.55. The highest BCUT2D eigenvalue weighted by molar-refractivity contribution is 5.12. The molecule has 5 nitrogen and oxygen atoms in total. The van der Waals surface area contributed by atoms with Crippen LogP contribution in [0.5, 0.6) is 0 Å². The normalized spacial score (nSPS) is 26.2. The van der Waals surface area contributed by atoms with Crippen LogP contribution in [0.25, 0.3) is 0 Å². The molecular weight excluding hydrogens is 228 g/mol. The van der Waals surface area contributed by atoms with Crippen molar-refractivity contribution in [1.29, 1.82) is 0 Å². The Bertz CT molecular complexity index is 401. The Morgan fingerprint density at radius 1 is 1.61 bits per heavy atom. The van der Waals surface area contributed by atoms with E-state index in [1.807, 2.05) is 24.1 Å². The maximum Gasteiger partial charge on any atom is 0.0615 e. The summed E-state index contributed by atoms with van der Waals surface area (Å²) < 4.78 is 1.81. The second kappa shape index (κ2) is 4.99. The summed E-state index contributed by atoms with van der Waals surface area (Å²) in [6.45, 7) is 6.56. The van der Waals surface area contributed by atoms with Gasteiger partial charge in [-0.15, -0.1) is 0 Å². The summed E-state index contributed by atoms with van der Waals surface area (Å²) in [4.78, 5) is 2.36. The highest BCUT2D eigenvalue weighted by atomic mass is 16.3. The number of aromatic nitrogens is 2. The van der Waals surface area contributed by atoms with Gasteiger partial charge in [0, 0.05) is 43.9 Å². The van der Waals surface area contributed by atoms with Crippen molar-refractivity contribution in [2.24, 2.45) is 18.2 Å². The maximum atomic E-state index is 10.0. The fourth-order valence-electron chi connectivity index (χ4n) is 2.76. The van der Waals surface area contributed by atoms with Crippen LogP contribution in [0.4, 0.5) is 0 Å². The zero-order chi connectivity index (χ0) is 13.3. The van der Waals surface area contributed by atoms with Crippen LogP contribution in [-0.2, 0) is 7.05 Å². The number of aliphatic hydroxyl groups excluding tert-OH is 1. The third-order valence-corrected chi connectivity index (χ3v) is 3.98. The highest BCUT2D eigenvalue weighted by Crippen LogP contribution is 2.33. The Balaban J connectivity index is 2.14. The molecule has 1 aliphatic rings. The minimum absolute atomic E-state index is 0.0755. The number of aryl methyl sites for hydroxylation is 1. The van der Waals surface area contributed by atoms with Crippen LogP contribution in [-0.4, -0.2) is 45.5 Å². The Kier molecular flexibility index (Phi) is 3.75. The topological polar surface area (TPSA) is 67.3 Å². The average molecular weight is 252 g/mol. The third-order valence-electron chi connectivity index (χ3n) is 3.98. The van der Waals surface area contributed by atoms with Gasteiger partial charge in [0.15, 0.2) is 0 Å². The van der Waals surface area contributed by atoms with Gasteiger partial charge in [0.25, 0.3) is 0 Å². The first-order valence-electron chi connectivity index (χ1n) is 6.55. The van der Waals surface area contributed by atoms with E-state index < -0.39 is 0 Å². The second-order valence-corrected chi connectivity index (χ2v) is 5.96. The Hall–Kier alpha value is -0.910. The van der Waals surface area contributed by atoms with Gasteiger partial charge >= 0.3 is 0 Å². The van der Waals surface area contributed by atoms with Gasteiger partial charge in [-0.3, -0.25) is 9.58 Å². The van der Waals surface area contributed by atoms with E-state index >= 15 is 0 Å². The number of hydrogen-bond donors (Lipinski definition) is 2. The van der Waals surface area contributed by atoms with Gasteiger partial charge in [-0.25, -0.2) is 0 Å². The number of rotatable bonds is 3. The van der Waals surface area contributed by atoms with Crippen molar-refractivity contribution in [2.75, 3.05) is 19.6 Å². The molecule has 0 saturated carbocycles. The predicted molar refractivity (Wildman–Crippen MR) is 71.0 cm³/mol. The molecule has 2 heterocycles. The summed E-state index contributed by atoms with van der Waals surface area (Å²) in [7, 11) is 1.92. The second-order valence-electron chi connectivity index (χ2n) is 5.96. The predicted octanol–water partition coefficient (Wildman–Crippen LogP) is 0.513. The van der Waals surface area contributed by atoms with Gasteiger partial charge in [0.05, 0.1) is 18.3 Å². The fraction of sp³-hybridized carbons (Fsp3) is 0.769. The summed E-state index contributed by atoms with van der Waals surface area (Å²) in [5.74, 6) is 0. The molecule has 2 unspecified atom stereocenters. The van der Waals surface area contributed by atoms with Gasteiger partial charge in [0.2, 0.25) is 0 Å². The van der Waals surface area contributed by atoms with Gasteiger partial charge < -0.3 is 10.8 Å². The van der Waals surface area contributed by atoms with Crippen LogP contribution in [0.1, 0.15) is 31.9 Å². The van der Waals surface area contributed by atoms with E-state index in [4.69, 9.17) is 5.73 Å². The van der Waals surface area contributed by atoms with E-state index in [2.05, 4.69) is 23.8 Å². The van der Waals surface area contributed by atoms with E-state index in [1.165, 1.54) is 0 Å². The molecule has 0 spiro atoms. The lowest BCUT2D eigenvalue weighted by Crippen LogP contribution is -2.50. The molecule has 0 aliphatic carbocycles. The molecule has 0 radical (unpaired) electrons. The smallest absolute Gasteiger partial charge is 0.0615 e. The maximum absolute atomic E-state index is 10.0. The quantitative estimate of drug-likeness (QED) is 0.822. The molecule has 102 valence electrons. The summed E-state index contributed by atoms with van der Waals surface area (Å²) in [5, 5.41) is 14.2. The summed E-state index contributed by atoms with van der Waals surface area (Å²) >= 11 is 0. The highest BCUT2D eigenvalue weighted by Gasteiger charge is 2.37. The van der Waals surface area contributed by atoms with Crippen molar-refractivity contribution in [3.05, 3.63) is 18.0 Å². The summed E-state index contributed by atoms with van der Waals surface area (Å²) in [6.07, 6.45) is 4.50. The van der Waals surface area contributed by atoms with E-state index in [0.717, 1.165) is 25.1 Å². The third kappa shape index (κ3) is 2.58. The number of nitrogens with zero attached hydrogens (tertiary/aromatic N) is 3. The Labute approximate surface area is 109 Å². The summed E-state index contributed by atoms with van der Waals surface area (Å²) in [5.41, 5.74) is 7.01. The van der Waals surface area contributed by atoms with Crippen molar-refractivity contribution < 1.29 is 5.11 Å². The van der Waals surface area contributed by atoms with Gasteiger partial charge in [0.1, 0.15) is 0 Å². The molecule has 0 aromatic carbocycles. The molecule has 5 heteroatoms. The first-order chi connectivity index (χ1) is 8.44. The van der Waals surface area contributed by atoms with Crippen molar-refractivity contribution >= 4 is 0 Å². The number of likely N-dealkylation sites (tertiary alicyclic amines) is 1. The molecule has 0 amide bonds. The molecule has 18 heavy (non-hydrogen) atoms. The van der Waals surface area contributed by atoms with Crippen LogP contribution in [0, 0.1) is 5.41 Å². The lowest BCUT2D eigenvalue weighted by atomic mass is 9.80. The van der Waals surface area contributed by atoms with Gasteiger partial charge in [-0.2, -0.15) is 5.10 Å². The molecule has 1 aromatic heterocycles.